The number of aromatic nitrogens is 2. The van der Waals surface area contributed by atoms with Crippen LogP contribution in [0, 0.1) is 0 Å². The molecule has 1 aromatic carbocycles. The van der Waals surface area contributed by atoms with Crippen molar-refractivity contribution in [2.24, 2.45) is 0 Å². The minimum absolute atomic E-state index is 0.146. The molecule has 3 rings (SSSR count). The Morgan fingerprint density at radius 2 is 2.04 bits per heavy atom. The first-order valence-electron chi connectivity index (χ1n) is 9.15. The molecule has 1 N–H and O–H groups in total. The van der Waals surface area contributed by atoms with Crippen molar-refractivity contribution in [1.29, 1.82) is 0 Å². The monoisotopic (exact) mass is 385 g/mol. The molecule has 2 aromatic heterocycles. The number of thiazole rings is 1. The molecule has 0 atom stereocenters. The SMILES string of the molecule is CCCCCc1ccc(Nc2nc(-c3cc(C(=O)OCC)no3)cs2)cc1. The summed E-state index contributed by atoms with van der Waals surface area (Å²) in [6.45, 7) is 4.25. The van der Waals surface area contributed by atoms with Gasteiger partial charge in [-0.3, -0.25) is 0 Å². The Hall–Kier alpha value is -2.67. The maximum atomic E-state index is 11.7. The van der Waals surface area contributed by atoms with Crippen LogP contribution in [0.2, 0.25) is 0 Å². The van der Waals surface area contributed by atoms with Gasteiger partial charge in [0.1, 0.15) is 5.69 Å². The number of esters is 1. The lowest BCUT2D eigenvalue weighted by Crippen LogP contribution is -2.04. The number of nitrogens with one attached hydrogen (secondary N) is 1. The molecule has 142 valence electrons. The van der Waals surface area contributed by atoms with Crippen molar-refractivity contribution < 1.29 is 14.1 Å². The van der Waals surface area contributed by atoms with Crippen LogP contribution in [0.5, 0.6) is 0 Å². The lowest BCUT2D eigenvalue weighted by Gasteiger charge is -2.05. The van der Waals surface area contributed by atoms with E-state index in [4.69, 9.17) is 9.26 Å². The molecule has 0 saturated carbocycles. The summed E-state index contributed by atoms with van der Waals surface area (Å²) in [6.07, 6.45) is 4.84. The lowest BCUT2D eigenvalue weighted by molar-refractivity contribution is 0.0514. The first-order chi connectivity index (χ1) is 13.2. The summed E-state index contributed by atoms with van der Waals surface area (Å²) in [5, 5.41) is 9.64. The van der Waals surface area contributed by atoms with Crippen molar-refractivity contribution in [1.82, 2.24) is 10.1 Å². The number of rotatable bonds is 9. The van der Waals surface area contributed by atoms with Gasteiger partial charge >= 0.3 is 5.97 Å². The van der Waals surface area contributed by atoms with Gasteiger partial charge in [-0.15, -0.1) is 11.3 Å². The number of anilines is 2. The second-order valence-corrected chi connectivity index (χ2v) is 6.97. The Kier molecular flexibility index (Phi) is 6.59. The fourth-order valence-corrected chi connectivity index (χ4v) is 3.32. The van der Waals surface area contributed by atoms with Crippen LogP contribution >= 0.6 is 11.3 Å². The predicted octanol–water partition coefficient (Wildman–Crippen LogP) is 5.45. The van der Waals surface area contributed by atoms with E-state index in [1.165, 1.54) is 36.2 Å². The second-order valence-electron chi connectivity index (χ2n) is 6.11. The molecule has 0 aliphatic rings. The summed E-state index contributed by atoms with van der Waals surface area (Å²) in [5.41, 5.74) is 3.11. The minimum Gasteiger partial charge on any atom is -0.461 e. The Labute approximate surface area is 162 Å². The summed E-state index contributed by atoms with van der Waals surface area (Å²) in [7, 11) is 0. The highest BCUT2D eigenvalue weighted by Crippen LogP contribution is 2.28. The third kappa shape index (κ3) is 5.17. The number of hydrogen-bond donors (Lipinski definition) is 1. The Morgan fingerprint density at radius 1 is 1.22 bits per heavy atom. The zero-order valence-electron chi connectivity index (χ0n) is 15.5. The molecule has 0 aliphatic heterocycles. The van der Waals surface area contributed by atoms with Crippen LogP contribution in [0.15, 0.2) is 40.2 Å². The second kappa shape index (κ2) is 9.32. The highest BCUT2D eigenvalue weighted by atomic mass is 32.1. The Morgan fingerprint density at radius 3 is 2.78 bits per heavy atom. The van der Waals surface area contributed by atoms with Gasteiger partial charge in [0.2, 0.25) is 0 Å². The molecule has 0 fully saturated rings. The summed E-state index contributed by atoms with van der Waals surface area (Å²) in [5.74, 6) is -0.0614. The lowest BCUT2D eigenvalue weighted by atomic mass is 10.1. The van der Waals surface area contributed by atoms with Crippen LogP contribution in [0.4, 0.5) is 10.8 Å². The summed E-state index contributed by atoms with van der Waals surface area (Å²) < 4.78 is 10.1. The molecule has 0 spiro atoms. The molecule has 27 heavy (non-hydrogen) atoms. The number of unbranched alkanes of at least 4 members (excludes halogenated alkanes) is 2. The quantitative estimate of drug-likeness (QED) is 0.390. The van der Waals surface area contributed by atoms with Crippen molar-refractivity contribution in [2.75, 3.05) is 11.9 Å². The van der Waals surface area contributed by atoms with E-state index in [0.717, 1.165) is 17.2 Å². The molecule has 0 saturated heterocycles. The molecular weight excluding hydrogens is 362 g/mol. The zero-order valence-corrected chi connectivity index (χ0v) is 16.3. The highest BCUT2D eigenvalue weighted by molar-refractivity contribution is 7.14. The highest BCUT2D eigenvalue weighted by Gasteiger charge is 2.16. The van der Waals surface area contributed by atoms with Crippen molar-refractivity contribution >= 4 is 28.1 Å². The van der Waals surface area contributed by atoms with Gasteiger partial charge in [0.25, 0.3) is 0 Å². The van der Waals surface area contributed by atoms with Gasteiger partial charge in [0, 0.05) is 17.1 Å². The first-order valence-corrected chi connectivity index (χ1v) is 10.0. The van der Waals surface area contributed by atoms with E-state index in [0.29, 0.717) is 18.1 Å². The molecule has 0 bridgehead atoms. The largest absolute Gasteiger partial charge is 0.461 e. The van der Waals surface area contributed by atoms with Crippen LogP contribution in [0.3, 0.4) is 0 Å². The van der Waals surface area contributed by atoms with Crippen molar-refractivity contribution in [3.05, 3.63) is 47.0 Å². The number of carbonyl (C=O) groups excluding carboxylic acids is 1. The molecule has 3 aromatic rings. The van der Waals surface area contributed by atoms with Gasteiger partial charge in [-0.05, 0) is 37.5 Å². The molecule has 2 heterocycles. The molecule has 0 radical (unpaired) electrons. The number of hydrogen-bond acceptors (Lipinski definition) is 7. The van der Waals surface area contributed by atoms with E-state index >= 15 is 0 Å². The maximum absolute atomic E-state index is 11.7. The van der Waals surface area contributed by atoms with Gasteiger partial charge in [0.05, 0.1) is 6.61 Å². The van der Waals surface area contributed by atoms with Gasteiger partial charge < -0.3 is 14.6 Å². The van der Waals surface area contributed by atoms with Crippen LogP contribution in [0.25, 0.3) is 11.5 Å². The maximum Gasteiger partial charge on any atom is 0.360 e. The summed E-state index contributed by atoms with van der Waals surface area (Å²) in [4.78, 5) is 16.2. The van der Waals surface area contributed by atoms with Gasteiger partial charge in [-0.2, -0.15) is 0 Å². The number of carbonyl (C=O) groups is 1. The van der Waals surface area contributed by atoms with E-state index in [1.54, 1.807) is 13.0 Å². The van der Waals surface area contributed by atoms with E-state index < -0.39 is 5.97 Å². The van der Waals surface area contributed by atoms with Crippen LogP contribution in [-0.4, -0.2) is 22.7 Å². The van der Waals surface area contributed by atoms with Crippen molar-refractivity contribution in [3.63, 3.8) is 0 Å². The van der Waals surface area contributed by atoms with E-state index in [1.807, 2.05) is 5.38 Å². The van der Waals surface area contributed by atoms with Crippen LogP contribution in [-0.2, 0) is 11.2 Å². The topological polar surface area (TPSA) is 77.2 Å². The molecule has 7 heteroatoms. The first kappa shape index (κ1) is 19.1. The molecule has 0 unspecified atom stereocenters. The molecular formula is C20H23N3O3S. The van der Waals surface area contributed by atoms with E-state index in [-0.39, 0.29) is 5.69 Å². The van der Waals surface area contributed by atoms with Gasteiger partial charge in [0.15, 0.2) is 16.6 Å². The summed E-state index contributed by atoms with van der Waals surface area (Å²) >= 11 is 1.46. The Bertz CT molecular complexity index is 871. The molecule has 0 amide bonds. The standard InChI is InChI=1S/C20H23N3O3S/c1-3-5-6-7-14-8-10-15(11-9-14)21-20-22-17(13-27-20)18-12-16(23-26-18)19(24)25-4-2/h8-13H,3-7H2,1-2H3,(H,21,22). The average molecular weight is 385 g/mol. The fraction of sp³-hybridized carbons (Fsp3) is 0.350. The predicted molar refractivity (Wildman–Crippen MR) is 107 cm³/mol. The average Bonchev–Trinajstić information content (AvgIpc) is 3.33. The zero-order chi connectivity index (χ0) is 19.1. The number of nitrogens with zero attached hydrogens (tertiary/aromatic N) is 2. The normalized spacial score (nSPS) is 10.7. The van der Waals surface area contributed by atoms with Gasteiger partial charge in [-0.25, -0.2) is 9.78 Å². The molecule has 0 aliphatic carbocycles. The van der Waals surface area contributed by atoms with E-state index in [9.17, 15) is 4.79 Å². The van der Waals surface area contributed by atoms with E-state index in [2.05, 4.69) is 46.6 Å². The van der Waals surface area contributed by atoms with Gasteiger partial charge in [-0.1, -0.05) is 37.1 Å². The minimum atomic E-state index is -0.500. The smallest absolute Gasteiger partial charge is 0.360 e. The third-order valence-corrected chi connectivity index (χ3v) is 4.78. The van der Waals surface area contributed by atoms with Crippen LogP contribution < -0.4 is 5.32 Å². The Balaban J connectivity index is 1.62. The molecule has 6 nitrogen and oxygen atoms in total. The number of benzene rings is 1. The summed E-state index contributed by atoms with van der Waals surface area (Å²) in [6, 6.07) is 9.97. The fourth-order valence-electron chi connectivity index (χ4n) is 2.60. The van der Waals surface area contributed by atoms with Crippen molar-refractivity contribution in [2.45, 2.75) is 39.5 Å². The van der Waals surface area contributed by atoms with Crippen LogP contribution in [0.1, 0.15) is 49.2 Å². The third-order valence-electron chi connectivity index (χ3n) is 4.03. The number of ether oxygens (including phenoxy) is 1. The number of aryl methyl sites for hydroxylation is 1. The van der Waals surface area contributed by atoms with Crippen molar-refractivity contribution in [3.8, 4) is 11.5 Å².